The summed E-state index contributed by atoms with van der Waals surface area (Å²) in [6, 6.07) is 16.8. The second kappa shape index (κ2) is 8.19. The normalized spacial score (nSPS) is 16.6. The van der Waals surface area contributed by atoms with Crippen LogP contribution in [0.3, 0.4) is 0 Å². The molecular weight excluding hydrogens is 416 g/mol. The first-order chi connectivity index (χ1) is 13.6. The van der Waals surface area contributed by atoms with Crippen molar-refractivity contribution in [3.63, 3.8) is 0 Å². The van der Waals surface area contributed by atoms with Crippen molar-refractivity contribution in [1.82, 2.24) is 14.9 Å². The number of anilines is 1. The van der Waals surface area contributed by atoms with Crippen LogP contribution in [-0.2, 0) is 24.3 Å². The number of aromatic amines is 1. The maximum atomic E-state index is 12.5. The van der Waals surface area contributed by atoms with Gasteiger partial charge in [0.1, 0.15) is 0 Å². The predicted octanol–water partition coefficient (Wildman–Crippen LogP) is 4.15. The summed E-state index contributed by atoms with van der Waals surface area (Å²) in [6.45, 7) is 3.74. The molecule has 0 saturated carbocycles. The quantitative estimate of drug-likeness (QED) is 0.665. The van der Waals surface area contributed by atoms with Gasteiger partial charge in [-0.2, -0.15) is 0 Å². The summed E-state index contributed by atoms with van der Waals surface area (Å²) >= 11 is 3.58. The monoisotopic (exact) mass is 438 g/mol. The van der Waals surface area contributed by atoms with E-state index in [-0.39, 0.29) is 11.9 Å². The van der Waals surface area contributed by atoms with Gasteiger partial charge in [-0.3, -0.25) is 4.79 Å². The molecule has 0 saturated heterocycles. The predicted molar refractivity (Wildman–Crippen MR) is 114 cm³/mol. The summed E-state index contributed by atoms with van der Waals surface area (Å²) in [5.74, 6) is 0.105. The fourth-order valence-corrected chi connectivity index (χ4v) is 4.31. The number of halogens is 1. The Labute approximate surface area is 173 Å². The number of imidazole rings is 1. The summed E-state index contributed by atoms with van der Waals surface area (Å²) in [5, 5.41) is 0. The first-order valence-corrected chi connectivity index (χ1v) is 10.2. The zero-order chi connectivity index (χ0) is 19.5. The number of benzene rings is 2. The van der Waals surface area contributed by atoms with Gasteiger partial charge in [-0.15, -0.1) is 0 Å². The Kier molecular flexibility index (Phi) is 5.48. The van der Waals surface area contributed by atoms with Crippen LogP contribution in [0.25, 0.3) is 0 Å². The summed E-state index contributed by atoms with van der Waals surface area (Å²) in [6.07, 6.45) is 4.46. The van der Waals surface area contributed by atoms with E-state index in [2.05, 4.69) is 73.3 Å². The van der Waals surface area contributed by atoms with Crippen LogP contribution >= 0.6 is 15.9 Å². The highest BCUT2D eigenvalue weighted by molar-refractivity contribution is 9.10. The molecule has 1 aliphatic heterocycles. The van der Waals surface area contributed by atoms with E-state index in [1.54, 1.807) is 13.3 Å². The zero-order valence-electron chi connectivity index (χ0n) is 15.8. The molecule has 1 aromatic heterocycles. The third-order valence-electron chi connectivity index (χ3n) is 5.22. The van der Waals surface area contributed by atoms with Gasteiger partial charge in [-0.05, 0) is 35.7 Å². The highest BCUT2D eigenvalue weighted by Gasteiger charge is 2.30. The Hall–Kier alpha value is -2.60. The largest absolute Gasteiger partial charge is 0.363 e. The molecule has 28 heavy (non-hydrogen) atoms. The number of H-pyrrole nitrogens is 1. The van der Waals surface area contributed by atoms with E-state index in [1.165, 1.54) is 5.56 Å². The third kappa shape index (κ3) is 4.12. The molecule has 6 heteroatoms. The van der Waals surface area contributed by atoms with Crippen molar-refractivity contribution in [3.8, 4) is 0 Å². The van der Waals surface area contributed by atoms with Crippen molar-refractivity contribution < 1.29 is 4.79 Å². The maximum Gasteiger partial charge on any atom is 0.220 e. The van der Waals surface area contributed by atoms with E-state index in [1.807, 2.05) is 17.2 Å². The number of nitrogens with zero attached hydrogens (tertiary/aromatic N) is 3. The van der Waals surface area contributed by atoms with Crippen LogP contribution in [0, 0.1) is 0 Å². The van der Waals surface area contributed by atoms with Gasteiger partial charge in [-0.25, -0.2) is 4.98 Å². The smallest absolute Gasteiger partial charge is 0.220 e. The summed E-state index contributed by atoms with van der Waals surface area (Å²) in [7, 11) is 0. The van der Waals surface area contributed by atoms with Gasteiger partial charge in [0.05, 0.1) is 24.6 Å². The molecule has 1 amide bonds. The van der Waals surface area contributed by atoms with Gasteiger partial charge in [0.15, 0.2) is 0 Å². The first-order valence-electron chi connectivity index (χ1n) is 9.42. The number of carbonyl (C=O) groups is 1. The molecule has 0 bridgehead atoms. The minimum Gasteiger partial charge on any atom is -0.363 e. The van der Waals surface area contributed by atoms with Crippen LogP contribution < -0.4 is 4.90 Å². The Balaban J connectivity index is 1.71. The molecule has 0 aliphatic carbocycles. The SMILES string of the molecule is CC(=O)N1Cc2cc(Br)ccc2N(Cc2c[nH]cn2)CC1Cc1ccccc1. The van der Waals surface area contributed by atoms with Gasteiger partial charge in [-0.1, -0.05) is 46.3 Å². The topological polar surface area (TPSA) is 52.2 Å². The average Bonchev–Trinajstić information content (AvgIpc) is 3.14. The van der Waals surface area contributed by atoms with Gasteiger partial charge in [0, 0.05) is 36.4 Å². The fourth-order valence-electron chi connectivity index (χ4n) is 3.91. The second-order valence-electron chi connectivity index (χ2n) is 7.20. The van der Waals surface area contributed by atoms with Gasteiger partial charge >= 0.3 is 0 Å². The van der Waals surface area contributed by atoms with Crippen molar-refractivity contribution in [3.05, 3.63) is 82.3 Å². The summed E-state index contributed by atoms with van der Waals surface area (Å²) < 4.78 is 1.02. The van der Waals surface area contributed by atoms with Crippen LogP contribution in [0.5, 0.6) is 0 Å². The van der Waals surface area contributed by atoms with Gasteiger partial charge < -0.3 is 14.8 Å². The maximum absolute atomic E-state index is 12.5. The molecule has 0 fully saturated rings. The number of aromatic nitrogens is 2. The molecule has 5 nitrogen and oxygen atoms in total. The average molecular weight is 439 g/mol. The van der Waals surface area contributed by atoms with Gasteiger partial charge in [0.25, 0.3) is 0 Å². The lowest BCUT2D eigenvalue weighted by molar-refractivity contribution is -0.131. The third-order valence-corrected chi connectivity index (χ3v) is 5.71. The number of fused-ring (bicyclic) bond motifs is 1. The fraction of sp³-hybridized carbons (Fsp3) is 0.273. The van der Waals surface area contributed by atoms with Gasteiger partial charge in [0.2, 0.25) is 5.91 Å². The number of rotatable bonds is 4. The molecular formula is C22H23BrN4O. The molecule has 0 radical (unpaired) electrons. The minimum atomic E-state index is 0.0880. The minimum absolute atomic E-state index is 0.0880. The van der Waals surface area contributed by atoms with Crippen LogP contribution in [0.1, 0.15) is 23.7 Å². The first kappa shape index (κ1) is 18.7. The van der Waals surface area contributed by atoms with E-state index in [4.69, 9.17) is 0 Å². The highest BCUT2D eigenvalue weighted by Crippen LogP contribution is 2.32. The number of amides is 1. The summed E-state index contributed by atoms with van der Waals surface area (Å²) in [4.78, 5) is 24.3. The van der Waals surface area contributed by atoms with E-state index in [9.17, 15) is 4.79 Å². The molecule has 1 atom stereocenters. The highest BCUT2D eigenvalue weighted by atomic mass is 79.9. The van der Waals surface area contributed by atoms with Crippen LogP contribution in [0.15, 0.2) is 65.5 Å². The number of carbonyl (C=O) groups excluding carboxylic acids is 1. The van der Waals surface area contributed by atoms with E-state index in [0.29, 0.717) is 13.1 Å². The van der Waals surface area contributed by atoms with E-state index in [0.717, 1.165) is 34.4 Å². The molecule has 3 aromatic rings. The second-order valence-corrected chi connectivity index (χ2v) is 8.12. The van der Waals surface area contributed by atoms with E-state index >= 15 is 0 Å². The lowest BCUT2D eigenvalue weighted by Gasteiger charge is -2.32. The number of hydrogen-bond acceptors (Lipinski definition) is 3. The zero-order valence-corrected chi connectivity index (χ0v) is 17.4. The lowest BCUT2D eigenvalue weighted by atomic mass is 10.0. The van der Waals surface area contributed by atoms with Crippen molar-refractivity contribution in [2.75, 3.05) is 11.4 Å². The number of hydrogen-bond donors (Lipinski definition) is 1. The van der Waals surface area contributed by atoms with Crippen LogP contribution in [0.2, 0.25) is 0 Å². The Morgan fingerprint density at radius 3 is 2.79 bits per heavy atom. The van der Waals surface area contributed by atoms with Crippen molar-refractivity contribution >= 4 is 27.5 Å². The molecule has 1 aliphatic rings. The molecule has 2 aromatic carbocycles. The Bertz CT molecular complexity index is 942. The van der Waals surface area contributed by atoms with Crippen molar-refractivity contribution in [1.29, 1.82) is 0 Å². The van der Waals surface area contributed by atoms with Crippen LogP contribution in [-0.4, -0.2) is 33.4 Å². The summed E-state index contributed by atoms with van der Waals surface area (Å²) in [5.41, 5.74) is 4.54. The molecule has 0 spiro atoms. The number of nitrogens with one attached hydrogen (secondary N) is 1. The molecule has 4 rings (SSSR count). The molecule has 144 valence electrons. The Morgan fingerprint density at radius 2 is 2.07 bits per heavy atom. The standard InChI is InChI=1S/C22H23BrN4O/c1-16(28)27-12-18-10-19(23)7-8-22(18)26(13-20-11-24-15-25-20)14-21(27)9-17-5-3-2-4-6-17/h2-8,10-11,15,21H,9,12-14H2,1H3,(H,24,25). The Morgan fingerprint density at radius 1 is 1.25 bits per heavy atom. The van der Waals surface area contributed by atoms with Crippen molar-refractivity contribution in [2.45, 2.75) is 32.5 Å². The molecule has 1 unspecified atom stereocenters. The molecule has 2 heterocycles. The van der Waals surface area contributed by atoms with Crippen LogP contribution in [0.4, 0.5) is 5.69 Å². The lowest BCUT2D eigenvalue weighted by Crippen LogP contribution is -2.44. The molecule has 1 N–H and O–H groups in total. The van der Waals surface area contributed by atoms with E-state index < -0.39 is 0 Å². The van der Waals surface area contributed by atoms with Crippen molar-refractivity contribution in [2.24, 2.45) is 0 Å².